The van der Waals surface area contributed by atoms with E-state index in [9.17, 15) is 9.59 Å². The largest absolute Gasteiger partial charge is 0.349 e. The summed E-state index contributed by atoms with van der Waals surface area (Å²) in [7, 11) is 3.71. The van der Waals surface area contributed by atoms with Crippen LogP contribution < -0.4 is 4.90 Å². The molecule has 3 aromatic rings. The molecule has 6 rings (SSSR count). The molecule has 248 valence electrons. The Morgan fingerprint density at radius 2 is 1.85 bits per heavy atom. The molecule has 3 aliphatic rings. The number of hydrogen-bond donors (Lipinski definition) is 1. The average Bonchev–Trinajstić information content (AvgIpc) is 3.76. The van der Waals surface area contributed by atoms with Gasteiger partial charge in [0.25, 0.3) is 0 Å². The Morgan fingerprint density at radius 3 is 2.52 bits per heavy atom. The number of anilines is 1. The van der Waals surface area contributed by atoms with E-state index >= 15 is 0 Å². The number of amides is 2. The van der Waals surface area contributed by atoms with Gasteiger partial charge in [-0.2, -0.15) is 10.2 Å². The van der Waals surface area contributed by atoms with Crippen LogP contribution in [0.4, 0.5) is 5.82 Å². The van der Waals surface area contributed by atoms with Crippen LogP contribution in [-0.4, -0.2) is 105 Å². The van der Waals surface area contributed by atoms with Crippen LogP contribution in [0.2, 0.25) is 10.0 Å². The molecule has 2 amide bonds. The molecule has 2 atom stereocenters. The van der Waals surface area contributed by atoms with Gasteiger partial charge >= 0.3 is 0 Å². The van der Waals surface area contributed by atoms with Crippen molar-refractivity contribution < 1.29 is 9.59 Å². The van der Waals surface area contributed by atoms with Crippen molar-refractivity contribution in [3.05, 3.63) is 40.7 Å². The molecule has 1 aromatic carbocycles. The van der Waals surface area contributed by atoms with Crippen molar-refractivity contribution in [3.63, 3.8) is 0 Å². The van der Waals surface area contributed by atoms with Gasteiger partial charge in [-0.15, -0.1) is 0 Å². The smallest absolute Gasteiger partial charge is 0.245 e. The molecule has 3 saturated heterocycles. The molecule has 0 saturated carbocycles. The molecule has 0 spiro atoms. The maximum Gasteiger partial charge on any atom is 0.245 e. The third-order valence-electron chi connectivity index (χ3n) is 10.4. The second-order valence-electron chi connectivity index (χ2n) is 14.1. The second kappa shape index (κ2) is 12.8. The van der Waals surface area contributed by atoms with E-state index in [4.69, 9.17) is 28.3 Å². The van der Waals surface area contributed by atoms with Crippen molar-refractivity contribution >= 4 is 51.7 Å². The van der Waals surface area contributed by atoms with Gasteiger partial charge in [-0.05, 0) is 83.9 Å². The first-order valence-corrected chi connectivity index (χ1v) is 17.2. The molecule has 2 aromatic heterocycles. The third kappa shape index (κ3) is 5.92. The summed E-state index contributed by atoms with van der Waals surface area (Å²) in [5.74, 6) is 1.55. The van der Waals surface area contributed by atoms with Gasteiger partial charge in [0.2, 0.25) is 11.8 Å². The fourth-order valence-corrected chi connectivity index (χ4v) is 8.57. The van der Waals surface area contributed by atoms with Crippen molar-refractivity contribution in [1.82, 2.24) is 34.7 Å². The Balaban J connectivity index is 1.35. The molecular weight excluding hydrogens is 623 g/mol. The number of hydrogen-bond acceptors (Lipinski definition) is 6. The lowest BCUT2D eigenvalue weighted by Gasteiger charge is -2.47. The van der Waals surface area contributed by atoms with Crippen molar-refractivity contribution in [3.8, 4) is 11.1 Å². The molecule has 46 heavy (non-hydrogen) atoms. The van der Waals surface area contributed by atoms with Crippen LogP contribution in [0.1, 0.15) is 64.1 Å². The summed E-state index contributed by atoms with van der Waals surface area (Å²) in [5.41, 5.74) is 3.46. The van der Waals surface area contributed by atoms with Gasteiger partial charge in [0, 0.05) is 68.0 Å². The number of nitrogens with one attached hydrogen (secondary N) is 1. The number of halogens is 2. The average molecular weight is 670 g/mol. The normalized spacial score (nSPS) is 22.5. The minimum atomic E-state index is -0.204. The maximum atomic E-state index is 12.9. The number of benzene rings is 1. The zero-order chi connectivity index (χ0) is 32.9. The van der Waals surface area contributed by atoms with Gasteiger partial charge in [0.05, 0.1) is 33.8 Å². The van der Waals surface area contributed by atoms with E-state index in [2.05, 4.69) is 52.0 Å². The highest BCUT2D eigenvalue weighted by Gasteiger charge is 2.41. The number of rotatable bonds is 7. The number of carbonyl (C=O) groups excluding carboxylic acids is 2. The maximum absolute atomic E-state index is 12.9. The van der Waals surface area contributed by atoms with Crippen molar-refractivity contribution in [2.24, 2.45) is 5.92 Å². The highest BCUT2D eigenvalue weighted by molar-refractivity contribution is 6.45. The Hall–Kier alpha value is -3.08. The SMILES string of the molecule is C=CC(=O)N1CCC(n2nc(N3CC[C@@H](CN4CCC[C@H]4C(=O)N(C)C)CC3(C)C)c(-c3c(Cl)c(Cl)cc4[nH]ncc34)c2C)CC1. The lowest BCUT2D eigenvalue weighted by Crippen LogP contribution is -2.53. The number of aromatic nitrogens is 4. The minimum Gasteiger partial charge on any atom is -0.349 e. The number of piperidine rings is 2. The van der Waals surface area contributed by atoms with Crippen LogP contribution in [0.3, 0.4) is 0 Å². The van der Waals surface area contributed by atoms with E-state index in [1.165, 1.54) is 6.08 Å². The van der Waals surface area contributed by atoms with E-state index in [-0.39, 0.29) is 29.4 Å². The molecule has 10 nitrogen and oxygen atoms in total. The van der Waals surface area contributed by atoms with Crippen LogP contribution in [0.5, 0.6) is 0 Å². The highest BCUT2D eigenvalue weighted by atomic mass is 35.5. The quantitative estimate of drug-likeness (QED) is 0.313. The summed E-state index contributed by atoms with van der Waals surface area (Å²) < 4.78 is 2.16. The summed E-state index contributed by atoms with van der Waals surface area (Å²) >= 11 is 13.8. The van der Waals surface area contributed by atoms with Crippen molar-refractivity contribution in [2.45, 2.75) is 76.9 Å². The fourth-order valence-electron chi connectivity index (χ4n) is 8.11. The topological polar surface area (TPSA) is 93.6 Å². The summed E-state index contributed by atoms with van der Waals surface area (Å²) in [4.78, 5) is 33.7. The van der Waals surface area contributed by atoms with Gasteiger partial charge in [-0.3, -0.25) is 24.3 Å². The molecule has 1 N–H and O–H groups in total. The zero-order valence-corrected chi connectivity index (χ0v) is 29.2. The number of likely N-dealkylation sites (N-methyl/N-ethyl adjacent to an activating group) is 1. The second-order valence-corrected chi connectivity index (χ2v) is 14.9. The van der Waals surface area contributed by atoms with Crippen molar-refractivity contribution in [2.75, 3.05) is 51.7 Å². The zero-order valence-electron chi connectivity index (χ0n) is 27.7. The predicted octanol–water partition coefficient (Wildman–Crippen LogP) is 5.94. The number of likely N-dealkylation sites (tertiary alicyclic amines) is 2. The van der Waals surface area contributed by atoms with Crippen LogP contribution >= 0.6 is 23.2 Å². The van der Waals surface area contributed by atoms with Crippen LogP contribution in [0, 0.1) is 12.8 Å². The van der Waals surface area contributed by atoms with Crippen molar-refractivity contribution in [1.29, 1.82) is 0 Å². The number of fused-ring (bicyclic) bond motifs is 1. The standard InChI is InChI=1S/C34H46Cl2N8O2/c1-7-28(45)41-14-11-23(12-15-41)44-21(2)29(30-24-19-37-38-26(24)17-25(35)31(30)36)32(39-44)43-16-10-22(18-34(43,3)4)20-42-13-8-9-27(42)33(46)40(5)6/h7,17,19,22-23,27H,1,8-16,18,20H2,2-6H3,(H,37,38)/t22-,27+/m1/s1. The molecule has 5 heterocycles. The molecule has 3 aliphatic heterocycles. The first-order chi connectivity index (χ1) is 21.9. The van der Waals surface area contributed by atoms with E-state index in [1.54, 1.807) is 4.90 Å². The molecule has 3 fully saturated rings. The number of carbonyl (C=O) groups is 2. The summed E-state index contributed by atoms with van der Waals surface area (Å²) in [6.45, 7) is 14.4. The van der Waals surface area contributed by atoms with Gasteiger partial charge in [0.1, 0.15) is 0 Å². The molecule has 0 unspecified atom stereocenters. The lowest BCUT2D eigenvalue weighted by atomic mass is 9.81. The number of aromatic amines is 1. The molecular formula is C34H46Cl2N8O2. The van der Waals surface area contributed by atoms with E-state index in [1.807, 2.05) is 31.3 Å². The summed E-state index contributed by atoms with van der Waals surface area (Å²) in [5, 5.41) is 14.7. The number of H-pyrrole nitrogens is 1. The van der Waals surface area contributed by atoms with Crippen LogP contribution in [0.15, 0.2) is 24.9 Å². The molecule has 12 heteroatoms. The molecule has 0 bridgehead atoms. The van der Waals surface area contributed by atoms with Crippen LogP contribution in [0.25, 0.3) is 22.0 Å². The van der Waals surface area contributed by atoms with E-state index in [0.717, 1.165) is 91.7 Å². The molecule has 0 radical (unpaired) electrons. The Kier molecular flexibility index (Phi) is 9.17. The predicted molar refractivity (Wildman–Crippen MR) is 185 cm³/mol. The van der Waals surface area contributed by atoms with Gasteiger partial charge in [-0.1, -0.05) is 29.8 Å². The van der Waals surface area contributed by atoms with Gasteiger partial charge < -0.3 is 14.7 Å². The van der Waals surface area contributed by atoms with Gasteiger partial charge in [-0.25, -0.2) is 0 Å². The lowest BCUT2D eigenvalue weighted by molar-refractivity contribution is -0.133. The molecule has 0 aliphatic carbocycles. The number of nitrogens with zero attached hydrogens (tertiary/aromatic N) is 7. The Bertz CT molecular complexity index is 1640. The third-order valence-corrected chi connectivity index (χ3v) is 11.2. The van der Waals surface area contributed by atoms with Gasteiger partial charge in [0.15, 0.2) is 5.82 Å². The monoisotopic (exact) mass is 668 g/mol. The Labute approximate surface area is 281 Å². The highest BCUT2D eigenvalue weighted by Crippen LogP contribution is 2.48. The summed E-state index contributed by atoms with van der Waals surface area (Å²) in [6, 6.07) is 1.95. The first-order valence-electron chi connectivity index (χ1n) is 16.5. The fraction of sp³-hybridized carbons (Fsp3) is 0.588. The van der Waals surface area contributed by atoms with E-state index < -0.39 is 0 Å². The first kappa shape index (κ1) is 32.8. The van der Waals surface area contributed by atoms with E-state index in [0.29, 0.717) is 29.1 Å². The van der Waals surface area contributed by atoms with Crippen LogP contribution in [-0.2, 0) is 9.59 Å². The summed E-state index contributed by atoms with van der Waals surface area (Å²) in [6.07, 6.45) is 8.79. The Morgan fingerprint density at radius 1 is 1.11 bits per heavy atom. The minimum absolute atomic E-state index is 0.0170.